The SMILES string of the molecule is CN=C(NCCCCC(C)C)NCCc1ccc(NC(C)=O)cc1. The Kier molecular flexibility index (Phi) is 9.58. The minimum atomic E-state index is -0.0484. The average Bonchev–Trinajstić information content (AvgIpc) is 2.53. The lowest BCUT2D eigenvalue weighted by molar-refractivity contribution is -0.114. The minimum Gasteiger partial charge on any atom is -0.356 e. The lowest BCUT2D eigenvalue weighted by Gasteiger charge is -2.12. The largest absolute Gasteiger partial charge is 0.356 e. The van der Waals surface area contributed by atoms with Crippen molar-refractivity contribution in [2.75, 3.05) is 25.5 Å². The number of nitrogens with one attached hydrogen (secondary N) is 3. The van der Waals surface area contributed by atoms with Gasteiger partial charge in [-0.25, -0.2) is 0 Å². The fourth-order valence-electron chi connectivity index (χ4n) is 2.39. The van der Waals surface area contributed by atoms with E-state index in [0.29, 0.717) is 0 Å². The number of hydrogen-bond donors (Lipinski definition) is 3. The van der Waals surface area contributed by atoms with E-state index in [9.17, 15) is 4.79 Å². The normalized spacial score (nSPS) is 11.5. The van der Waals surface area contributed by atoms with Crippen molar-refractivity contribution < 1.29 is 4.79 Å². The van der Waals surface area contributed by atoms with Crippen molar-refractivity contribution in [2.45, 2.75) is 46.5 Å². The van der Waals surface area contributed by atoms with Crippen molar-refractivity contribution >= 4 is 17.6 Å². The van der Waals surface area contributed by atoms with Gasteiger partial charge < -0.3 is 16.0 Å². The second kappa shape index (κ2) is 11.5. The zero-order valence-electron chi connectivity index (χ0n) is 15.5. The summed E-state index contributed by atoms with van der Waals surface area (Å²) in [4.78, 5) is 15.2. The van der Waals surface area contributed by atoms with Crippen molar-refractivity contribution in [2.24, 2.45) is 10.9 Å². The summed E-state index contributed by atoms with van der Waals surface area (Å²) in [5, 5.41) is 9.46. The number of hydrogen-bond acceptors (Lipinski definition) is 2. The Morgan fingerprint density at radius 3 is 2.33 bits per heavy atom. The van der Waals surface area contributed by atoms with E-state index in [1.165, 1.54) is 31.7 Å². The number of amides is 1. The molecule has 0 heterocycles. The summed E-state index contributed by atoms with van der Waals surface area (Å²) in [5.74, 6) is 1.58. The number of unbranched alkanes of at least 4 members (excludes halogenated alkanes) is 1. The minimum absolute atomic E-state index is 0.0484. The van der Waals surface area contributed by atoms with E-state index in [-0.39, 0.29) is 5.91 Å². The van der Waals surface area contributed by atoms with Crippen LogP contribution in [0, 0.1) is 5.92 Å². The second-order valence-electron chi connectivity index (χ2n) is 6.44. The van der Waals surface area contributed by atoms with E-state index in [4.69, 9.17) is 0 Å². The van der Waals surface area contributed by atoms with E-state index in [2.05, 4.69) is 34.8 Å². The molecule has 0 atom stereocenters. The van der Waals surface area contributed by atoms with E-state index in [1.807, 2.05) is 24.3 Å². The van der Waals surface area contributed by atoms with Crippen molar-refractivity contribution in [1.82, 2.24) is 10.6 Å². The maximum atomic E-state index is 11.0. The van der Waals surface area contributed by atoms with Gasteiger partial charge in [0.2, 0.25) is 5.91 Å². The molecule has 0 aliphatic carbocycles. The molecule has 1 aromatic carbocycles. The Bertz CT molecular complexity index is 509. The standard InChI is InChI=1S/C19H32N4O/c1-15(2)7-5-6-13-21-19(20-4)22-14-12-17-8-10-18(11-9-17)23-16(3)24/h8-11,15H,5-7,12-14H2,1-4H3,(H,23,24)(H2,20,21,22). The first kappa shape index (κ1) is 20.0. The predicted molar refractivity (Wildman–Crippen MR) is 103 cm³/mol. The monoisotopic (exact) mass is 332 g/mol. The Labute approximate surface area is 146 Å². The molecule has 134 valence electrons. The molecule has 0 aliphatic heterocycles. The van der Waals surface area contributed by atoms with Gasteiger partial charge in [0.25, 0.3) is 0 Å². The summed E-state index contributed by atoms with van der Waals surface area (Å²) < 4.78 is 0. The molecule has 24 heavy (non-hydrogen) atoms. The molecule has 0 spiro atoms. The highest BCUT2D eigenvalue weighted by atomic mass is 16.1. The molecule has 0 bridgehead atoms. The van der Waals surface area contributed by atoms with Crippen molar-refractivity contribution in [3.05, 3.63) is 29.8 Å². The molecule has 0 fully saturated rings. The van der Waals surface area contributed by atoms with E-state index in [1.54, 1.807) is 7.05 Å². The van der Waals surface area contributed by atoms with Gasteiger partial charge >= 0.3 is 0 Å². The van der Waals surface area contributed by atoms with Gasteiger partial charge in [0.05, 0.1) is 0 Å². The molecule has 0 saturated heterocycles. The van der Waals surface area contributed by atoms with Crippen LogP contribution < -0.4 is 16.0 Å². The molecule has 5 nitrogen and oxygen atoms in total. The molecule has 1 aromatic rings. The van der Waals surface area contributed by atoms with Gasteiger partial charge in [-0.15, -0.1) is 0 Å². The number of aliphatic imine (C=N–C) groups is 1. The first-order chi connectivity index (χ1) is 11.5. The number of carbonyl (C=O) groups excluding carboxylic acids is 1. The molecular weight excluding hydrogens is 300 g/mol. The van der Waals surface area contributed by atoms with Gasteiger partial charge in [-0.3, -0.25) is 9.79 Å². The lowest BCUT2D eigenvalue weighted by atomic mass is 10.1. The van der Waals surface area contributed by atoms with Gasteiger partial charge in [0.15, 0.2) is 5.96 Å². The van der Waals surface area contributed by atoms with Crippen LogP contribution in [0.2, 0.25) is 0 Å². The van der Waals surface area contributed by atoms with Crippen LogP contribution in [-0.2, 0) is 11.2 Å². The summed E-state index contributed by atoms with van der Waals surface area (Å²) in [6.45, 7) is 7.81. The summed E-state index contributed by atoms with van der Waals surface area (Å²) in [7, 11) is 1.80. The molecule has 0 unspecified atom stereocenters. The Balaban J connectivity index is 2.23. The third-order valence-corrected chi connectivity index (χ3v) is 3.70. The van der Waals surface area contributed by atoms with Gasteiger partial charge in [-0.2, -0.15) is 0 Å². The van der Waals surface area contributed by atoms with Crippen LogP contribution in [0.25, 0.3) is 0 Å². The molecule has 0 aliphatic rings. The van der Waals surface area contributed by atoms with Crippen molar-refractivity contribution in [3.8, 4) is 0 Å². The van der Waals surface area contributed by atoms with Crippen molar-refractivity contribution in [3.63, 3.8) is 0 Å². The highest BCUT2D eigenvalue weighted by Gasteiger charge is 2.00. The van der Waals surface area contributed by atoms with Gasteiger partial charge in [0.1, 0.15) is 0 Å². The zero-order valence-corrected chi connectivity index (χ0v) is 15.5. The maximum Gasteiger partial charge on any atom is 0.221 e. The van der Waals surface area contributed by atoms with Crippen molar-refractivity contribution in [1.29, 1.82) is 0 Å². The molecule has 5 heteroatoms. The summed E-state index contributed by atoms with van der Waals surface area (Å²) >= 11 is 0. The van der Waals surface area contributed by atoms with Crippen LogP contribution in [-0.4, -0.2) is 32.0 Å². The molecule has 1 amide bonds. The fourth-order valence-corrected chi connectivity index (χ4v) is 2.39. The molecule has 3 N–H and O–H groups in total. The van der Waals surface area contributed by atoms with E-state index >= 15 is 0 Å². The Morgan fingerprint density at radius 1 is 1.08 bits per heavy atom. The summed E-state index contributed by atoms with van der Waals surface area (Å²) in [6.07, 6.45) is 4.61. The first-order valence-corrected chi connectivity index (χ1v) is 8.82. The number of anilines is 1. The van der Waals surface area contributed by atoms with Crippen LogP contribution in [0.1, 0.15) is 45.6 Å². The lowest BCUT2D eigenvalue weighted by Crippen LogP contribution is -2.38. The molecule has 1 rings (SSSR count). The molecule has 0 radical (unpaired) electrons. The second-order valence-corrected chi connectivity index (χ2v) is 6.44. The van der Waals surface area contributed by atoms with Gasteiger partial charge in [-0.05, 0) is 36.5 Å². The summed E-state index contributed by atoms with van der Waals surface area (Å²) in [6, 6.07) is 7.93. The topological polar surface area (TPSA) is 65.5 Å². The van der Waals surface area contributed by atoms with Gasteiger partial charge in [-0.1, -0.05) is 38.8 Å². The predicted octanol–water partition coefficient (Wildman–Crippen LogP) is 3.18. The number of benzene rings is 1. The fraction of sp³-hybridized carbons (Fsp3) is 0.579. The maximum absolute atomic E-state index is 11.0. The van der Waals surface area contributed by atoms with Crippen LogP contribution in [0.5, 0.6) is 0 Å². The average molecular weight is 332 g/mol. The van der Waals surface area contributed by atoms with Crippen LogP contribution in [0.3, 0.4) is 0 Å². The Morgan fingerprint density at radius 2 is 1.75 bits per heavy atom. The number of rotatable bonds is 9. The highest BCUT2D eigenvalue weighted by Crippen LogP contribution is 2.09. The van der Waals surface area contributed by atoms with E-state index < -0.39 is 0 Å². The first-order valence-electron chi connectivity index (χ1n) is 8.82. The van der Waals surface area contributed by atoms with Crippen LogP contribution in [0.15, 0.2) is 29.3 Å². The molecule has 0 saturated carbocycles. The third kappa shape index (κ3) is 9.18. The quantitative estimate of drug-likeness (QED) is 0.370. The Hall–Kier alpha value is -2.04. The van der Waals surface area contributed by atoms with Crippen LogP contribution >= 0.6 is 0 Å². The number of guanidine groups is 1. The number of carbonyl (C=O) groups is 1. The highest BCUT2D eigenvalue weighted by molar-refractivity contribution is 5.88. The number of nitrogens with zero attached hydrogens (tertiary/aromatic N) is 1. The summed E-state index contributed by atoms with van der Waals surface area (Å²) in [5.41, 5.74) is 2.06. The smallest absolute Gasteiger partial charge is 0.221 e. The van der Waals surface area contributed by atoms with Gasteiger partial charge in [0, 0.05) is 32.7 Å². The molecule has 0 aromatic heterocycles. The molecular formula is C19H32N4O. The van der Waals surface area contributed by atoms with Crippen LogP contribution in [0.4, 0.5) is 5.69 Å². The zero-order chi connectivity index (χ0) is 17.8. The third-order valence-electron chi connectivity index (χ3n) is 3.70. The van der Waals surface area contributed by atoms with E-state index in [0.717, 1.165) is 37.1 Å².